The first kappa shape index (κ1) is 19.7. The van der Waals surface area contributed by atoms with Gasteiger partial charge in [-0.25, -0.2) is 9.59 Å². The second-order valence-electron chi connectivity index (χ2n) is 6.60. The summed E-state index contributed by atoms with van der Waals surface area (Å²) in [6, 6.07) is 3.83. The highest BCUT2D eigenvalue weighted by atomic mass is 19.4. The summed E-state index contributed by atoms with van der Waals surface area (Å²) in [5.74, 6) is 0.164. The summed E-state index contributed by atoms with van der Waals surface area (Å²) in [6.45, 7) is 1.63. The first-order valence-electron chi connectivity index (χ1n) is 8.75. The topological polar surface area (TPSA) is 64.2 Å². The van der Waals surface area contributed by atoms with E-state index in [0.717, 1.165) is 23.3 Å². The summed E-state index contributed by atoms with van der Waals surface area (Å²) in [5.41, 5.74) is 0.0246. The fourth-order valence-electron chi connectivity index (χ4n) is 3.01. The lowest BCUT2D eigenvalue weighted by Crippen LogP contribution is -2.28. The number of allylic oxidation sites excluding steroid dienone is 4. The molecule has 1 aromatic heterocycles. The van der Waals surface area contributed by atoms with E-state index in [-0.39, 0.29) is 12.5 Å². The van der Waals surface area contributed by atoms with E-state index in [1.165, 1.54) is 12.1 Å². The highest BCUT2D eigenvalue weighted by Crippen LogP contribution is 2.29. The van der Waals surface area contributed by atoms with Crippen molar-refractivity contribution in [1.29, 1.82) is 0 Å². The second-order valence-corrected chi connectivity index (χ2v) is 6.60. The van der Waals surface area contributed by atoms with Crippen LogP contribution in [0.15, 0.2) is 57.9 Å². The van der Waals surface area contributed by atoms with Crippen LogP contribution in [0, 0.1) is 12.8 Å². The standard InChI is InChI=1S/C20H19F3N2O3/c1-13-17(11-14-5-3-2-4-6-14)18(26)28-25(13)19(27)24-12-15-7-9-16(10-8-15)20(21,22)23/h2-5,7-10,14H,6,11-12H2,1H3,(H,24,27). The first-order valence-corrected chi connectivity index (χ1v) is 8.75. The normalized spacial score (nSPS) is 16.4. The molecule has 1 aromatic carbocycles. The molecule has 0 aliphatic heterocycles. The Kier molecular flexibility index (Phi) is 5.58. The van der Waals surface area contributed by atoms with E-state index in [2.05, 4.69) is 5.32 Å². The second kappa shape index (κ2) is 7.92. The average Bonchev–Trinajstić information content (AvgIpc) is 2.95. The lowest BCUT2D eigenvalue weighted by atomic mass is 9.93. The molecule has 0 saturated heterocycles. The van der Waals surface area contributed by atoms with Crippen molar-refractivity contribution in [3.8, 4) is 0 Å². The van der Waals surface area contributed by atoms with Gasteiger partial charge in [0.05, 0.1) is 16.8 Å². The van der Waals surface area contributed by atoms with E-state index in [4.69, 9.17) is 4.52 Å². The summed E-state index contributed by atoms with van der Waals surface area (Å²) in [4.78, 5) is 24.5. The summed E-state index contributed by atoms with van der Waals surface area (Å²) in [5, 5.41) is 2.54. The molecule has 8 heteroatoms. The molecule has 1 atom stereocenters. The number of benzene rings is 1. The Labute approximate surface area is 159 Å². The van der Waals surface area contributed by atoms with Crippen LogP contribution in [0.2, 0.25) is 0 Å². The van der Waals surface area contributed by atoms with Crippen molar-refractivity contribution >= 4 is 6.03 Å². The molecule has 0 radical (unpaired) electrons. The quantitative estimate of drug-likeness (QED) is 0.848. The van der Waals surface area contributed by atoms with Crippen molar-refractivity contribution in [3.05, 3.63) is 81.4 Å². The Hall–Kier alpha value is -3.03. The summed E-state index contributed by atoms with van der Waals surface area (Å²) in [7, 11) is 0. The van der Waals surface area contributed by atoms with E-state index in [0.29, 0.717) is 23.2 Å². The molecule has 0 bridgehead atoms. The molecule has 1 N–H and O–H groups in total. The zero-order valence-electron chi connectivity index (χ0n) is 15.1. The number of amides is 1. The van der Waals surface area contributed by atoms with Crippen molar-refractivity contribution in [1.82, 2.24) is 10.1 Å². The van der Waals surface area contributed by atoms with Gasteiger partial charge in [0.25, 0.3) is 0 Å². The van der Waals surface area contributed by atoms with Gasteiger partial charge >= 0.3 is 17.8 Å². The van der Waals surface area contributed by atoms with Crippen LogP contribution >= 0.6 is 0 Å². The van der Waals surface area contributed by atoms with Crippen LogP contribution < -0.4 is 10.9 Å². The van der Waals surface area contributed by atoms with E-state index in [1.54, 1.807) is 6.92 Å². The highest BCUT2D eigenvalue weighted by molar-refractivity contribution is 5.76. The molecule has 0 fully saturated rings. The third kappa shape index (κ3) is 4.44. The summed E-state index contributed by atoms with van der Waals surface area (Å²) in [6.07, 6.45) is 4.73. The van der Waals surface area contributed by atoms with Gasteiger partial charge in [-0.3, -0.25) is 0 Å². The number of hydrogen-bond acceptors (Lipinski definition) is 3. The molecule has 1 amide bonds. The zero-order chi connectivity index (χ0) is 20.3. The van der Waals surface area contributed by atoms with Crippen molar-refractivity contribution in [2.24, 2.45) is 5.92 Å². The van der Waals surface area contributed by atoms with Crippen LogP contribution in [0.5, 0.6) is 0 Å². The highest BCUT2D eigenvalue weighted by Gasteiger charge is 2.30. The third-order valence-electron chi connectivity index (χ3n) is 4.61. The van der Waals surface area contributed by atoms with Gasteiger partial charge in [0, 0.05) is 6.54 Å². The Morgan fingerprint density at radius 1 is 1.25 bits per heavy atom. The zero-order valence-corrected chi connectivity index (χ0v) is 15.1. The first-order chi connectivity index (χ1) is 13.3. The number of hydrogen-bond donors (Lipinski definition) is 1. The SMILES string of the molecule is Cc1c(CC2C=CC=CC2)c(=O)on1C(=O)NCc1ccc(C(F)(F)F)cc1. The number of nitrogens with one attached hydrogen (secondary N) is 1. The number of carbonyl (C=O) groups is 1. The predicted molar refractivity (Wildman–Crippen MR) is 96.9 cm³/mol. The van der Waals surface area contributed by atoms with Crippen LogP contribution in [0.25, 0.3) is 0 Å². The van der Waals surface area contributed by atoms with Crippen molar-refractivity contribution in [3.63, 3.8) is 0 Å². The molecule has 28 heavy (non-hydrogen) atoms. The minimum atomic E-state index is -4.41. The van der Waals surface area contributed by atoms with E-state index >= 15 is 0 Å². The Balaban J connectivity index is 1.66. The summed E-state index contributed by atoms with van der Waals surface area (Å²) >= 11 is 0. The Morgan fingerprint density at radius 2 is 1.96 bits per heavy atom. The molecule has 5 nitrogen and oxygen atoms in total. The summed E-state index contributed by atoms with van der Waals surface area (Å²) < 4.78 is 43.7. The molecule has 1 heterocycles. The van der Waals surface area contributed by atoms with Crippen molar-refractivity contribution in [2.75, 3.05) is 0 Å². The predicted octanol–water partition coefficient (Wildman–Crippen LogP) is 4.20. The van der Waals surface area contributed by atoms with Crippen molar-refractivity contribution in [2.45, 2.75) is 32.5 Å². The van der Waals surface area contributed by atoms with E-state index in [1.807, 2.05) is 24.3 Å². The third-order valence-corrected chi connectivity index (χ3v) is 4.61. The van der Waals surface area contributed by atoms with Gasteiger partial charge in [-0.05, 0) is 43.4 Å². The van der Waals surface area contributed by atoms with Gasteiger partial charge in [-0.2, -0.15) is 13.2 Å². The number of halogens is 3. The van der Waals surface area contributed by atoms with Gasteiger partial charge in [-0.1, -0.05) is 36.4 Å². The maximum Gasteiger partial charge on any atom is 0.416 e. The van der Waals surface area contributed by atoms with Gasteiger partial charge in [-0.15, -0.1) is 4.74 Å². The maximum absolute atomic E-state index is 12.6. The van der Waals surface area contributed by atoms with Gasteiger partial charge in [0.1, 0.15) is 0 Å². The Bertz CT molecular complexity index is 966. The van der Waals surface area contributed by atoms with Crippen LogP contribution in [-0.2, 0) is 19.1 Å². The minimum Gasteiger partial charge on any atom is -0.331 e. The lowest BCUT2D eigenvalue weighted by molar-refractivity contribution is -0.137. The molecular formula is C20H19F3N2O3. The number of aromatic nitrogens is 1. The molecule has 0 spiro atoms. The van der Waals surface area contributed by atoms with Gasteiger partial charge in [0.2, 0.25) is 0 Å². The fourth-order valence-corrected chi connectivity index (χ4v) is 3.01. The maximum atomic E-state index is 12.6. The molecular weight excluding hydrogens is 373 g/mol. The van der Waals surface area contributed by atoms with E-state index in [9.17, 15) is 22.8 Å². The molecule has 2 aromatic rings. The van der Waals surface area contributed by atoms with Crippen LogP contribution in [0.4, 0.5) is 18.0 Å². The number of carbonyl (C=O) groups excluding carboxylic acids is 1. The lowest BCUT2D eigenvalue weighted by Gasteiger charge is -2.11. The van der Waals surface area contributed by atoms with E-state index < -0.39 is 23.4 Å². The van der Waals surface area contributed by atoms with Crippen LogP contribution in [0.3, 0.4) is 0 Å². The average molecular weight is 392 g/mol. The Morgan fingerprint density at radius 3 is 2.57 bits per heavy atom. The smallest absolute Gasteiger partial charge is 0.331 e. The van der Waals surface area contributed by atoms with Gasteiger partial charge < -0.3 is 9.84 Å². The molecule has 1 unspecified atom stereocenters. The largest absolute Gasteiger partial charge is 0.416 e. The minimum absolute atomic E-state index is 0.00376. The van der Waals surface area contributed by atoms with Crippen LogP contribution in [0.1, 0.15) is 28.8 Å². The van der Waals surface area contributed by atoms with Crippen LogP contribution in [-0.4, -0.2) is 10.8 Å². The molecule has 148 valence electrons. The molecule has 1 aliphatic rings. The monoisotopic (exact) mass is 392 g/mol. The molecule has 0 saturated carbocycles. The molecule has 1 aliphatic carbocycles. The van der Waals surface area contributed by atoms with Crippen molar-refractivity contribution < 1.29 is 22.5 Å². The molecule has 3 rings (SSSR count). The van der Waals surface area contributed by atoms with Gasteiger partial charge in [0.15, 0.2) is 0 Å². The number of nitrogens with zero attached hydrogens (tertiary/aromatic N) is 1. The number of alkyl halides is 3. The fraction of sp³-hybridized carbons (Fsp3) is 0.300. The number of rotatable bonds is 4.